The molecule has 3 fully saturated rings. The first-order valence-corrected chi connectivity index (χ1v) is 19.5. The van der Waals surface area contributed by atoms with Crippen molar-refractivity contribution in [2.75, 3.05) is 49.5 Å². The molecule has 4 aromatic rings. The average molecular weight is 770 g/mol. The van der Waals surface area contributed by atoms with E-state index in [1.165, 1.54) is 34.6 Å². The van der Waals surface area contributed by atoms with Crippen molar-refractivity contribution in [1.82, 2.24) is 25.0 Å². The third-order valence-corrected chi connectivity index (χ3v) is 12.0. The van der Waals surface area contributed by atoms with E-state index in [0.717, 1.165) is 81.1 Å². The van der Waals surface area contributed by atoms with Crippen molar-refractivity contribution < 1.29 is 33.1 Å². The molecule has 0 radical (unpaired) electrons. The van der Waals surface area contributed by atoms with Crippen molar-refractivity contribution in [3.63, 3.8) is 0 Å². The lowest BCUT2D eigenvalue weighted by atomic mass is 9.89. The molecule has 2 atom stereocenters. The van der Waals surface area contributed by atoms with Gasteiger partial charge in [-0.25, -0.2) is 13.8 Å². The first-order chi connectivity index (χ1) is 26.6. The van der Waals surface area contributed by atoms with E-state index in [2.05, 4.69) is 30.3 Å². The molecule has 0 aliphatic carbocycles. The predicted octanol–water partition coefficient (Wildman–Crippen LogP) is 4.77. The van der Waals surface area contributed by atoms with Crippen LogP contribution in [0.3, 0.4) is 0 Å². The summed E-state index contributed by atoms with van der Waals surface area (Å²) >= 11 is 1.21. The van der Waals surface area contributed by atoms with E-state index in [-0.39, 0.29) is 36.1 Å². The number of piperidine rings is 2. The molecule has 4 amide bonds. The van der Waals surface area contributed by atoms with Crippen LogP contribution in [0.25, 0.3) is 0 Å². The van der Waals surface area contributed by atoms with E-state index < -0.39 is 35.4 Å². The fourth-order valence-electron chi connectivity index (χ4n) is 8.35. The smallest absolute Gasteiger partial charge is 0.255 e. The zero-order chi connectivity index (χ0) is 38.2. The second-order valence-corrected chi connectivity index (χ2v) is 15.5. The highest BCUT2D eigenvalue weighted by Crippen LogP contribution is 2.38. The third kappa shape index (κ3) is 7.68. The van der Waals surface area contributed by atoms with Crippen LogP contribution in [0.1, 0.15) is 70.3 Å². The molecule has 12 nitrogen and oxygen atoms in total. The fraction of sp³-hybridized carbons (Fsp3) is 0.375. The Labute approximate surface area is 320 Å². The summed E-state index contributed by atoms with van der Waals surface area (Å²) in [6.07, 6.45) is 3.99. The zero-order valence-electron chi connectivity index (χ0n) is 30.0. The van der Waals surface area contributed by atoms with Gasteiger partial charge in [-0.05, 0) is 66.8 Å². The Morgan fingerprint density at radius 2 is 1.76 bits per heavy atom. The van der Waals surface area contributed by atoms with E-state index in [1.54, 1.807) is 11.4 Å². The molecule has 286 valence electrons. The number of carbonyl (C=O) groups is 4. The number of piperazine rings is 1. The maximum absolute atomic E-state index is 15.1. The lowest BCUT2D eigenvalue weighted by Gasteiger charge is -2.43. The van der Waals surface area contributed by atoms with Crippen LogP contribution >= 0.6 is 11.3 Å². The Hall–Kier alpha value is -5.25. The number of hydrogen-bond acceptors (Lipinski definition) is 10. The molecule has 8 rings (SSSR count). The van der Waals surface area contributed by atoms with Gasteiger partial charge < -0.3 is 14.9 Å². The van der Waals surface area contributed by atoms with Gasteiger partial charge in [0.2, 0.25) is 11.8 Å². The number of phenols is 1. The number of phenolic OH excluding ortho intramolecular Hbond substituents is 1. The summed E-state index contributed by atoms with van der Waals surface area (Å²) in [5, 5.41) is 17.7. The summed E-state index contributed by atoms with van der Waals surface area (Å²) in [5.41, 5.74) is 3.33. The number of carbonyl (C=O) groups excluding carboxylic acids is 4. The van der Waals surface area contributed by atoms with Crippen molar-refractivity contribution in [3.05, 3.63) is 106 Å². The number of aromatic hydroxyl groups is 1. The van der Waals surface area contributed by atoms with Gasteiger partial charge in [-0.2, -0.15) is 0 Å². The second kappa shape index (κ2) is 15.5. The van der Waals surface area contributed by atoms with Gasteiger partial charge in [-0.15, -0.1) is 11.3 Å². The molecule has 0 bridgehead atoms. The number of benzene rings is 3. The number of rotatable bonds is 9. The first-order valence-electron chi connectivity index (χ1n) is 18.6. The van der Waals surface area contributed by atoms with Crippen LogP contribution in [0.5, 0.6) is 5.75 Å². The molecule has 3 aromatic carbocycles. The van der Waals surface area contributed by atoms with E-state index in [1.807, 2.05) is 24.3 Å². The maximum Gasteiger partial charge on any atom is 0.255 e. The molecule has 0 saturated carbocycles. The van der Waals surface area contributed by atoms with Crippen LogP contribution in [-0.2, 0) is 27.5 Å². The van der Waals surface area contributed by atoms with Crippen molar-refractivity contribution in [2.24, 2.45) is 0 Å². The first kappa shape index (κ1) is 36.7. The van der Waals surface area contributed by atoms with Crippen molar-refractivity contribution in [2.45, 2.75) is 56.8 Å². The summed E-state index contributed by atoms with van der Waals surface area (Å²) in [7, 11) is 0. The summed E-state index contributed by atoms with van der Waals surface area (Å²) in [4.78, 5) is 63.9. The molecule has 3 saturated heterocycles. The van der Waals surface area contributed by atoms with E-state index in [9.17, 15) is 28.7 Å². The Morgan fingerprint density at radius 3 is 2.49 bits per heavy atom. The zero-order valence-corrected chi connectivity index (χ0v) is 30.9. The molecule has 2 unspecified atom stereocenters. The summed E-state index contributed by atoms with van der Waals surface area (Å²) in [6, 6.07) is 13.4. The monoisotopic (exact) mass is 769 g/mol. The van der Waals surface area contributed by atoms with Gasteiger partial charge in [0.05, 0.1) is 5.92 Å². The molecular weight excluding hydrogens is 729 g/mol. The molecule has 4 aliphatic rings. The minimum atomic E-state index is -1.29. The number of anilines is 2. The fourth-order valence-corrected chi connectivity index (χ4v) is 8.88. The predicted molar refractivity (Wildman–Crippen MR) is 201 cm³/mol. The number of imide groups is 1. The third-order valence-electron chi connectivity index (χ3n) is 11.3. The SMILES string of the molecule is O=C1CCC(c2ccc(CN3CCN(C4CCN(c5ccc6c(c5)C(=O)N(C(C(=O)Nc5nccs5)c5cc(F)ccc5O)C6)CC4)CC3)cc2F)C(=O)N1. The van der Waals surface area contributed by atoms with Gasteiger partial charge in [0.15, 0.2) is 5.13 Å². The molecule has 15 heteroatoms. The van der Waals surface area contributed by atoms with E-state index in [4.69, 9.17) is 0 Å². The lowest BCUT2D eigenvalue weighted by Crippen LogP contribution is -2.53. The standard InChI is InChI=1S/C40H41F2N7O5S/c41-26-3-7-34(50)32(20-26)36(38(53)45-40-43-11-18-55-40)49-23-25-2-4-28(21-31(25)39(49)54)47-12-9-27(10-13-47)48-16-14-46(15-17-48)22-24-1-5-29(33(42)19-24)30-6-8-35(51)44-37(30)52/h1-5,7,11,18-21,27,30,36,50H,6,8-10,12-17,22-23H2,(H,43,45,53)(H,44,51,52). The normalized spacial score (nSPS) is 20.4. The molecule has 5 heterocycles. The number of thiazole rings is 1. The quantitative estimate of drug-likeness (QED) is 0.206. The number of nitrogens with zero attached hydrogens (tertiary/aromatic N) is 5. The lowest BCUT2D eigenvalue weighted by molar-refractivity contribution is -0.134. The Morgan fingerprint density at radius 1 is 0.964 bits per heavy atom. The number of nitrogens with one attached hydrogen (secondary N) is 2. The molecule has 3 N–H and O–H groups in total. The van der Waals surface area contributed by atoms with Crippen LogP contribution < -0.4 is 15.5 Å². The Kier molecular flexibility index (Phi) is 10.3. The molecule has 0 spiro atoms. The topological polar surface area (TPSA) is 138 Å². The number of halogens is 2. The van der Waals surface area contributed by atoms with Crippen LogP contribution in [-0.4, -0.2) is 93.7 Å². The second-order valence-electron chi connectivity index (χ2n) is 14.6. The maximum atomic E-state index is 15.1. The number of amides is 4. The van der Waals surface area contributed by atoms with Crippen LogP contribution in [0.15, 0.2) is 66.2 Å². The summed E-state index contributed by atoms with van der Waals surface area (Å²) in [6.45, 7) is 5.90. The van der Waals surface area contributed by atoms with Crippen LogP contribution in [0.4, 0.5) is 19.6 Å². The van der Waals surface area contributed by atoms with Gasteiger partial charge in [0.1, 0.15) is 23.4 Å². The van der Waals surface area contributed by atoms with Crippen molar-refractivity contribution >= 4 is 45.8 Å². The van der Waals surface area contributed by atoms with Gasteiger partial charge in [-0.3, -0.25) is 39.6 Å². The minimum absolute atomic E-state index is 0.00655. The van der Waals surface area contributed by atoms with Crippen LogP contribution in [0.2, 0.25) is 0 Å². The summed E-state index contributed by atoms with van der Waals surface area (Å²) < 4.78 is 29.5. The van der Waals surface area contributed by atoms with Crippen molar-refractivity contribution in [1.29, 1.82) is 0 Å². The average Bonchev–Trinajstić information content (AvgIpc) is 3.81. The van der Waals surface area contributed by atoms with Gasteiger partial charge >= 0.3 is 0 Å². The minimum Gasteiger partial charge on any atom is -0.508 e. The highest BCUT2D eigenvalue weighted by Gasteiger charge is 2.40. The number of aromatic nitrogens is 1. The van der Waals surface area contributed by atoms with Gasteiger partial charge in [-0.1, -0.05) is 18.2 Å². The highest BCUT2D eigenvalue weighted by atomic mass is 32.1. The molecule has 55 heavy (non-hydrogen) atoms. The number of fused-ring (bicyclic) bond motifs is 1. The largest absolute Gasteiger partial charge is 0.508 e. The Balaban J connectivity index is 0.863. The molecule has 1 aromatic heterocycles. The Bertz CT molecular complexity index is 2120. The molecule has 4 aliphatic heterocycles. The van der Waals surface area contributed by atoms with Gasteiger partial charge in [0, 0.05) is 98.8 Å². The number of hydrogen-bond donors (Lipinski definition) is 3. The molecular formula is C40H41F2N7O5S. The summed E-state index contributed by atoms with van der Waals surface area (Å²) in [5.74, 6) is -3.71. The highest BCUT2D eigenvalue weighted by molar-refractivity contribution is 7.13. The van der Waals surface area contributed by atoms with E-state index in [0.29, 0.717) is 35.3 Å². The van der Waals surface area contributed by atoms with E-state index >= 15 is 4.39 Å². The van der Waals surface area contributed by atoms with Gasteiger partial charge in [0.25, 0.3) is 11.8 Å². The van der Waals surface area contributed by atoms with Crippen molar-refractivity contribution in [3.8, 4) is 5.75 Å². The van der Waals surface area contributed by atoms with Crippen LogP contribution in [0, 0.1) is 11.6 Å².